The predicted molar refractivity (Wildman–Crippen MR) is 77.0 cm³/mol. The highest BCUT2D eigenvalue weighted by molar-refractivity contribution is 4.81. The molecule has 0 bridgehead atoms. The monoisotopic (exact) mass is 258 g/mol. The van der Waals surface area contributed by atoms with Crippen LogP contribution in [0.2, 0.25) is 0 Å². The van der Waals surface area contributed by atoms with Gasteiger partial charge in [0.2, 0.25) is 0 Å². The van der Waals surface area contributed by atoms with Crippen molar-refractivity contribution in [2.45, 2.75) is 19.9 Å². The third kappa shape index (κ3) is 8.64. The molecule has 4 nitrogen and oxygen atoms in total. The van der Waals surface area contributed by atoms with Crippen LogP contribution in [-0.4, -0.2) is 64.6 Å². The Hall–Kier alpha value is -0.420. The van der Waals surface area contributed by atoms with Gasteiger partial charge >= 0.3 is 0 Å². The highest BCUT2D eigenvalue weighted by atomic mass is 16.5. The normalized spacial score (nSPS) is 13.2. The van der Waals surface area contributed by atoms with E-state index in [4.69, 9.17) is 9.47 Å². The van der Waals surface area contributed by atoms with E-state index in [9.17, 15) is 0 Å². The molecular weight excluding hydrogens is 228 g/mol. The number of nitrogens with one attached hydrogen (secondary N) is 1. The number of rotatable bonds is 12. The molecule has 0 heterocycles. The summed E-state index contributed by atoms with van der Waals surface area (Å²) in [7, 11) is 3.48. The van der Waals surface area contributed by atoms with Gasteiger partial charge in [0.25, 0.3) is 0 Å². The van der Waals surface area contributed by atoms with Crippen LogP contribution in [0.3, 0.4) is 0 Å². The van der Waals surface area contributed by atoms with E-state index in [0.717, 1.165) is 39.4 Å². The van der Waals surface area contributed by atoms with Gasteiger partial charge in [0.15, 0.2) is 0 Å². The van der Waals surface area contributed by atoms with Crippen LogP contribution in [0, 0.1) is 5.92 Å². The fraction of sp³-hybridized carbons (Fsp3) is 0.857. The van der Waals surface area contributed by atoms with Crippen LogP contribution >= 0.6 is 0 Å². The van der Waals surface area contributed by atoms with Crippen molar-refractivity contribution < 1.29 is 9.47 Å². The zero-order valence-electron chi connectivity index (χ0n) is 12.4. The molecule has 0 spiro atoms. The molecule has 0 aromatic rings. The fourth-order valence-corrected chi connectivity index (χ4v) is 1.82. The molecule has 0 radical (unpaired) electrons. The lowest BCUT2D eigenvalue weighted by atomic mass is 10.2. The van der Waals surface area contributed by atoms with Crippen molar-refractivity contribution in [3.05, 3.63) is 12.7 Å². The lowest BCUT2D eigenvalue weighted by Gasteiger charge is -2.30. The molecule has 1 N–H and O–H groups in total. The number of nitrogens with zero attached hydrogens (tertiary/aromatic N) is 1. The SMILES string of the molecule is C=CCN(CCOC)C(CNCC(C)C)COC. The van der Waals surface area contributed by atoms with Crippen molar-refractivity contribution in [1.82, 2.24) is 10.2 Å². The number of ether oxygens (including phenoxy) is 2. The standard InChI is InChI=1S/C14H30N2O2/c1-6-7-16(8-9-17-4)14(12-18-5)11-15-10-13(2)3/h6,13-15H,1,7-12H2,2-5H3. The molecule has 18 heavy (non-hydrogen) atoms. The molecule has 1 unspecified atom stereocenters. The van der Waals surface area contributed by atoms with Crippen LogP contribution in [0.1, 0.15) is 13.8 Å². The van der Waals surface area contributed by atoms with Gasteiger partial charge in [-0.15, -0.1) is 6.58 Å². The Bertz CT molecular complexity index is 198. The first-order valence-corrected chi connectivity index (χ1v) is 6.69. The largest absolute Gasteiger partial charge is 0.383 e. The maximum atomic E-state index is 5.31. The van der Waals surface area contributed by atoms with Gasteiger partial charge in [-0.05, 0) is 12.5 Å². The summed E-state index contributed by atoms with van der Waals surface area (Å²) < 4.78 is 10.5. The predicted octanol–water partition coefficient (Wildman–Crippen LogP) is 1.38. The second kappa shape index (κ2) is 11.7. The van der Waals surface area contributed by atoms with E-state index >= 15 is 0 Å². The number of hydrogen-bond acceptors (Lipinski definition) is 4. The Morgan fingerprint density at radius 1 is 1.22 bits per heavy atom. The average molecular weight is 258 g/mol. The molecule has 0 aliphatic rings. The van der Waals surface area contributed by atoms with E-state index < -0.39 is 0 Å². The number of methoxy groups -OCH3 is 2. The van der Waals surface area contributed by atoms with E-state index in [0.29, 0.717) is 12.0 Å². The van der Waals surface area contributed by atoms with Gasteiger partial charge in [-0.1, -0.05) is 19.9 Å². The van der Waals surface area contributed by atoms with Gasteiger partial charge in [-0.3, -0.25) is 4.90 Å². The first-order valence-electron chi connectivity index (χ1n) is 6.69. The Labute approximate surface area is 112 Å². The summed E-state index contributed by atoms with van der Waals surface area (Å²) in [5.74, 6) is 0.667. The lowest BCUT2D eigenvalue weighted by molar-refractivity contribution is 0.0739. The molecule has 0 rings (SSSR count). The first-order chi connectivity index (χ1) is 8.65. The van der Waals surface area contributed by atoms with Gasteiger partial charge < -0.3 is 14.8 Å². The minimum absolute atomic E-state index is 0.363. The molecule has 108 valence electrons. The Morgan fingerprint density at radius 3 is 2.44 bits per heavy atom. The summed E-state index contributed by atoms with van der Waals surface area (Å²) in [6, 6.07) is 0.363. The first kappa shape index (κ1) is 17.6. The van der Waals surface area contributed by atoms with Crippen molar-refractivity contribution in [3.8, 4) is 0 Å². The molecule has 0 aromatic heterocycles. The maximum Gasteiger partial charge on any atom is 0.0630 e. The van der Waals surface area contributed by atoms with Crippen molar-refractivity contribution in [1.29, 1.82) is 0 Å². The topological polar surface area (TPSA) is 33.7 Å². The third-order valence-corrected chi connectivity index (χ3v) is 2.75. The minimum atomic E-state index is 0.363. The second-order valence-corrected chi connectivity index (χ2v) is 4.94. The molecule has 0 amide bonds. The molecule has 0 aliphatic carbocycles. The summed E-state index contributed by atoms with van der Waals surface area (Å²) in [5, 5.41) is 3.49. The van der Waals surface area contributed by atoms with Crippen molar-refractivity contribution in [2.75, 3.05) is 53.6 Å². The summed E-state index contributed by atoms with van der Waals surface area (Å²) in [5.41, 5.74) is 0. The van der Waals surface area contributed by atoms with Gasteiger partial charge in [0.1, 0.15) is 0 Å². The van der Waals surface area contributed by atoms with Crippen molar-refractivity contribution in [2.24, 2.45) is 5.92 Å². The van der Waals surface area contributed by atoms with Gasteiger partial charge in [-0.2, -0.15) is 0 Å². The van der Waals surface area contributed by atoms with Crippen LogP contribution in [0.5, 0.6) is 0 Å². The van der Waals surface area contributed by atoms with E-state index in [-0.39, 0.29) is 0 Å². The van der Waals surface area contributed by atoms with E-state index in [1.54, 1.807) is 14.2 Å². The molecule has 0 saturated carbocycles. The fourth-order valence-electron chi connectivity index (χ4n) is 1.82. The molecule has 4 heteroatoms. The summed E-state index contributed by atoms with van der Waals surface area (Å²) in [6.45, 7) is 13.4. The van der Waals surface area contributed by atoms with Crippen molar-refractivity contribution >= 4 is 0 Å². The number of hydrogen-bond donors (Lipinski definition) is 1. The maximum absolute atomic E-state index is 5.31. The van der Waals surface area contributed by atoms with E-state index in [1.165, 1.54) is 0 Å². The second-order valence-electron chi connectivity index (χ2n) is 4.94. The van der Waals surface area contributed by atoms with Gasteiger partial charge in [0.05, 0.1) is 13.2 Å². The lowest BCUT2D eigenvalue weighted by Crippen LogP contribution is -2.47. The van der Waals surface area contributed by atoms with Crippen LogP contribution in [0.4, 0.5) is 0 Å². The highest BCUT2D eigenvalue weighted by Crippen LogP contribution is 2.01. The van der Waals surface area contributed by atoms with Crippen LogP contribution in [0.15, 0.2) is 12.7 Å². The Kier molecular flexibility index (Phi) is 11.4. The van der Waals surface area contributed by atoms with Crippen molar-refractivity contribution in [3.63, 3.8) is 0 Å². The third-order valence-electron chi connectivity index (χ3n) is 2.75. The molecular formula is C14H30N2O2. The zero-order valence-corrected chi connectivity index (χ0v) is 12.4. The minimum Gasteiger partial charge on any atom is -0.383 e. The molecule has 0 aromatic carbocycles. The summed E-state index contributed by atoms with van der Waals surface area (Å²) in [4.78, 5) is 2.34. The van der Waals surface area contributed by atoms with E-state index in [1.807, 2.05) is 6.08 Å². The van der Waals surface area contributed by atoms with Crippen LogP contribution < -0.4 is 5.32 Å². The Morgan fingerprint density at radius 2 is 1.94 bits per heavy atom. The molecule has 0 fully saturated rings. The van der Waals surface area contributed by atoms with Crippen LogP contribution in [-0.2, 0) is 9.47 Å². The zero-order chi connectivity index (χ0) is 13.8. The average Bonchev–Trinajstić information content (AvgIpc) is 2.33. The molecule has 0 saturated heterocycles. The smallest absolute Gasteiger partial charge is 0.0630 e. The summed E-state index contributed by atoms with van der Waals surface area (Å²) in [6.07, 6.45) is 1.93. The van der Waals surface area contributed by atoms with Crippen LogP contribution in [0.25, 0.3) is 0 Å². The molecule has 0 aliphatic heterocycles. The quantitative estimate of drug-likeness (QED) is 0.536. The Balaban J connectivity index is 4.23. The van der Waals surface area contributed by atoms with E-state index in [2.05, 4.69) is 30.6 Å². The highest BCUT2D eigenvalue weighted by Gasteiger charge is 2.16. The molecule has 1 atom stereocenters. The van der Waals surface area contributed by atoms with Gasteiger partial charge in [0, 0.05) is 39.9 Å². The summed E-state index contributed by atoms with van der Waals surface area (Å²) >= 11 is 0. The van der Waals surface area contributed by atoms with Gasteiger partial charge in [-0.25, -0.2) is 0 Å².